The minimum absolute atomic E-state index is 0.0375. The van der Waals surface area contributed by atoms with Crippen LogP contribution in [0.3, 0.4) is 0 Å². The SMILES string of the molecule is N#Cc1cc(S(=O)(=O)Nc2ccc(N)c(F)c2)ccc1F. The summed E-state index contributed by atoms with van der Waals surface area (Å²) in [6, 6.07) is 7.72. The molecule has 0 saturated heterocycles. The zero-order valence-corrected chi connectivity index (χ0v) is 11.3. The Hall–Kier alpha value is -2.66. The van der Waals surface area contributed by atoms with Gasteiger partial charge in [-0.1, -0.05) is 0 Å². The standard InChI is InChI=1S/C13H9F2N3O2S/c14-11-3-2-10(5-8(11)7-16)21(19,20)18-9-1-4-13(17)12(15)6-9/h1-6,18H,17H2. The van der Waals surface area contributed by atoms with Crippen molar-refractivity contribution in [2.75, 3.05) is 10.5 Å². The van der Waals surface area contributed by atoms with Crippen molar-refractivity contribution in [3.63, 3.8) is 0 Å². The maximum Gasteiger partial charge on any atom is 0.261 e. The number of benzene rings is 2. The average Bonchev–Trinajstić information content (AvgIpc) is 2.43. The van der Waals surface area contributed by atoms with Crippen LogP contribution in [0.5, 0.6) is 0 Å². The number of nitrogen functional groups attached to an aromatic ring is 1. The molecule has 2 rings (SSSR count). The molecule has 8 heteroatoms. The molecule has 0 aliphatic carbocycles. The van der Waals surface area contributed by atoms with E-state index in [9.17, 15) is 17.2 Å². The third-order valence-electron chi connectivity index (χ3n) is 2.62. The molecule has 21 heavy (non-hydrogen) atoms. The monoisotopic (exact) mass is 309 g/mol. The van der Waals surface area contributed by atoms with Crippen LogP contribution in [-0.2, 0) is 10.0 Å². The van der Waals surface area contributed by atoms with Crippen molar-refractivity contribution >= 4 is 21.4 Å². The molecule has 0 bridgehead atoms. The molecule has 0 aromatic heterocycles. The molecule has 108 valence electrons. The van der Waals surface area contributed by atoms with Crippen LogP contribution in [0.4, 0.5) is 20.2 Å². The number of rotatable bonds is 3. The van der Waals surface area contributed by atoms with Gasteiger partial charge in [-0.2, -0.15) is 5.26 Å². The molecule has 2 aromatic carbocycles. The Morgan fingerprint density at radius 1 is 1.10 bits per heavy atom. The summed E-state index contributed by atoms with van der Waals surface area (Å²) in [5.41, 5.74) is 4.73. The zero-order valence-electron chi connectivity index (χ0n) is 10.5. The molecule has 0 unspecified atom stereocenters. The molecule has 0 radical (unpaired) electrons. The van der Waals surface area contributed by atoms with Gasteiger partial charge in [0.1, 0.15) is 17.7 Å². The fourth-order valence-corrected chi connectivity index (χ4v) is 2.64. The van der Waals surface area contributed by atoms with Gasteiger partial charge in [-0.15, -0.1) is 0 Å². The summed E-state index contributed by atoms with van der Waals surface area (Å²) in [5.74, 6) is -1.60. The van der Waals surface area contributed by atoms with E-state index < -0.39 is 27.2 Å². The van der Waals surface area contributed by atoms with Crippen molar-refractivity contribution < 1.29 is 17.2 Å². The number of hydrogen-bond acceptors (Lipinski definition) is 4. The van der Waals surface area contributed by atoms with Gasteiger partial charge in [0.25, 0.3) is 10.0 Å². The molecule has 0 atom stereocenters. The highest BCUT2D eigenvalue weighted by Gasteiger charge is 2.17. The van der Waals surface area contributed by atoms with Crippen molar-refractivity contribution in [1.82, 2.24) is 0 Å². The summed E-state index contributed by atoms with van der Waals surface area (Å²) in [4.78, 5) is -0.308. The van der Waals surface area contributed by atoms with Gasteiger partial charge in [-0.05, 0) is 30.3 Å². The summed E-state index contributed by atoms with van der Waals surface area (Å²) in [7, 11) is -4.07. The maximum atomic E-state index is 13.3. The van der Waals surface area contributed by atoms with E-state index in [1.807, 2.05) is 0 Å². The lowest BCUT2D eigenvalue weighted by molar-refractivity contribution is 0.599. The van der Waals surface area contributed by atoms with E-state index in [1.165, 1.54) is 12.1 Å². The number of nitriles is 1. The number of nitrogens with two attached hydrogens (primary N) is 1. The number of hydrogen-bond donors (Lipinski definition) is 2. The Morgan fingerprint density at radius 3 is 2.43 bits per heavy atom. The summed E-state index contributed by atoms with van der Waals surface area (Å²) in [5, 5.41) is 8.70. The molecule has 0 heterocycles. The van der Waals surface area contributed by atoms with Gasteiger partial charge in [0.2, 0.25) is 0 Å². The highest BCUT2D eigenvalue weighted by Crippen LogP contribution is 2.21. The van der Waals surface area contributed by atoms with Gasteiger partial charge >= 0.3 is 0 Å². The topological polar surface area (TPSA) is 96.0 Å². The Balaban J connectivity index is 2.38. The van der Waals surface area contributed by atoms with Crippen LogP contribution in [0.25, 0.3) is 0 Å². The van der Waals surface area contributed by atoms with Crippen molar-refractivity contribution in [3.8, 4) is 6.07 Å². The van der Waals surface area contributed by atoms with Crippen LogP contribution in [-0.4, -0.2) is 8.42 Å². The summed E-state index contributed by atoms with van der Waals surface area (Å²) < 4.78 is 52.7. The first-order valence-electron chi connectivity index (χ1n) is 5.61. The first-order valence-corrected chi connectivity index (χ1v) is 7.09. The lowest BCUT2D eigenvalue weighted by Gasteiger charge is -2.09. The molecular weight excluding hydrogens is 300 g/mol. The third-order valence-corrected chi connectivity index (χ3v) is 4.00. The lowest BCUT2D eigenvalue weighted by Crippen LogP contribution is -2.13. The van der Waals surface area contributed by atoms with Crippen LogP contribution < -0.4 is 10.5 Å². The zero-order chi connectivity index (χ0) is 15.6. The number of anilines is 2. The normalized spacial score (nSPS) is 10.9. The average molecular weight is 309 g/mol. The Morgan fingerprint density at radius 2 is 1.81 bits per heavy atom. The van der Waals surface area contributed by atoms with Gasteiger partial charge in [0.15, 0.2) is 0 Å². The van der Waals surface area contributed by atoms with E-state index in [-0.39, 0.29) is 16.3 Å². The Labute approximate surface area is 119 Å². The van der Waals surface area contributed by atoms with E-state index in [2.05, 4.69) is 4.72 Å². The van der Waals surface area contributed by atoms with E-state index in [4.69, 9.17) is 11.0 Å². The third kappa shape index (κ3) is 3.09. The largest absolute Gasteiger partial charge is 0.396 e. The minimum atomic E-state index is -4.07. The second kappa shape index (κ2) is 5.38. The van der Waals surface area contributed by atoms with Gasteiger partial charge in [0.05, 0.1) is 21.8 Å². The highest BCUT2D eigenvalue weighted by atomic mass is 32.2. The van der Waals surface area contributed by atoms with Crippen molar-refractivity contribution in [1.29, 1.82) is 5.26 Å². The van der Waals surface area contributed by atoms with Gasteiger partial charge in [-0.25, -0.2) is 17.2 Å². The van der Waals surface area contributed by atoms with E-state index in [0.29, 0.717) is 0 Å². The molecule has 2 aromatic rings. The van der Waals surface area contributed by atoms with E-state index in [1.54, 1.807) is 6.07 Å². The molecule has 3 N–H and O–H groups in total. The molecule has 0 amide bonds. The van der Waals surface area contributed by atoms with Crippen LogP contribution in [0, 0.1) is 23.0 Å². The summed E-state index contributed by atoms with van der Waals surface area (Å²) in [6.07, 6.45) is 0. The quantitative estimate of drug-likeness (QED) is 0.850. The predicted octanol–water partition coefficient (Wildman–Crippen LogP) is 2.22. The minimum Gasteiger partial charge on any atom is -0.396 e. The summed E-state index contributed by atoms with van der Waals surface area (Å²) >= 11 is 0. The van der Waals surface area contributed by atoms with Gasteiger partial charge in [-0.3, -0.25) is 4.72 Å². The second-order valence-electron chi connectivity index (χ2n) is 4.10. The molecule has 0 saturated carbocycles. The van der Waals surface area contributed by atoms with Gasteiger partial charge < -0.3 is 5.73 Å². The molecule has 0 aliphatic heterocycles. The number of nitrogens with zero attached hydrogens (tertiary/aromatic N) is 1. The number of nitrogens with one attached hydrogen (secondary N) is 1. The maximum absolute atomic E-state index is 13.3. The first-order chi connectivity index (χ1) is 9.83. The van der Waals surface area contributed by atoms with Crippen LogP contribution in [0.1, 0.15) is 5.56 Å². The fraction of sp³-hybridized carbons (Fsp3) is 0. The van der Waals surface area contributed by atoms with E-state index >= 15 is 0 Å². The molecule has 0 spiro atoms. The van der Waals surface area contributed by atoms with E-state index in [0.717, 1.165) is 24.3 Å². The fourth-order valence-electron chi connectivity index (χ4n) is 1.56. The summed E-state index contributed by atoms with van der Waals surface area (Å²) in [6.45, 7) is 0. The Bertz CT molecular complexity index is 845. The van der Waals surface area contributed by atoms with Crippen LogP contribution in [0.2, 0.25) is 0 Å². The highest BCUT2D eigenvalue weighted by molar-refractivity contribution is 7.92. The predicted molar refractivity (Wildman–Crippen MR) is 72.7 cm³/mol. The van der Waals surface area contributed by atoms with Gasteiger partial charge in [0, 0.05) is 6.07 Å². The van der Waals surface area contributed by atoms with Crippen LogP contribution >= 0.6 is 0 Å². The number of halogens is 2. The van der Waals surface area contributed by atoms with Crippen molar-refractivity contribution in [2.24, 2.45) is 0 Å². The molecular formula is C13H9F2N3O2S. The molecule has 5 nitrogen and oxygen atoms in total. The lowest BCUT2D eigenvalue weighted by atomic mass is 10.2. The second-order valence-corrected chi connectivity index (χ2v) is 5.78. The number of sulfonamides is 1. The first kappa shape index (κ1) is 14.7. The van der Waals surface area contributed by atoms with Crippen molar-refractivity contribution in [3.05, 3.63) is 53.6 Å². The molecule has 0 fully saturated rings. The van der Waals surface area contributed by atoms with Crippen molar-refractivity contribution in [2.45, 2.75) is 4.90 Å². The Kier molecular flexibility index (Phi) is 3.78. The smallest absolute Gasteiger partial charge is 0.261 e. The molecule has 0 aliphatic rings. The van der Waals surface area contributed by atoms with Crippen LogP contribution in [0.15, 0.2) is 41.3 Å².